The predicted molar refractivity (Wildman–Crippen MR) is 178 cm³/mol. The number of amides is 1. The van der Waals surface area contributed by atoms with E-state index in [0.29, 0.717) is 5.56 Å². The first kappa shape index (κ1) is 30.6. The number of rotatable bonds is 8. The zero-order valence-corrected chi connectivity index (χ0v) is 25.1. The summed E-state index contributed by atoms with van der Waals surface area (Å²) >= 11 is 0. The molecule has 0 aromatic heterocycles. The molecule has 1 saturated heterocycles. The topological polar surface area (TPSA) is 47.6 Å². The number of benzene rings is 4. The molecular formula is C37H44N4O. The summed E-state index contributed by atoms with van der Waals surface area (Å²) < 4.78 is 0. The lowest BCUT2D eigenvalue weighted by Gasteiger charge is -2.32. The van der Waals surface area contributed by atoms with Gasteiger partial charge in [-0.15, -0.1) is 0 Å². The Kier molecular flexibility index (Phi) is 11.8. The van der Waals surface area contributed by atoms with Crippen molar-refractivity contribution in [2.24, 2.45) is 0 Å². The Morgan fingerprint density at radius 3 is 2.07 bits per heavy atom. The standard InChI is InChI=1S/C32H33N3O.C5H11N/c36-32(31-16-8-7-15-30(31)27-13-5-2-6-14-27)33-28-17-19-29(20-18-28)35-22-10-9-21-34(23-24-35)25-26-11-3-1-4-12-26;1-4-6-5(2)3/h1-8,11-20H,9-10,21-25H2,(H,33,36);6H,2,4H2,1,3H3. The van der Waals surface area contributed by atoms with Crippen molar-refractivity contribution in [3.05, 3.63) is 133 Å². The lowest BCUT2D eigenvalue weighted by atomic mass is 9.99. The molecule has 5 nitrogen and oxygen atoms in total. The highest BCUT2D eigenvalue weighted by Gasteiger charge is 2.16. The summed E-state index contributed by atoms with van der Waals surface area (Å²) in [6.45, 7) is 13.9. The van der Waals surface area contributed by atoms with E-state index in [9.17, 15) is 4.79 Å². The van der Waals surface area contributed by atoms with Crippen LogP contribution in [0, 0.1) is 0 Å². The molecule has 0 bridgehead atoms. The summed E-state index contributed by atoms with van der Waals surface area (Å²) in [7, 11) is 0. The number of hydrogen-bond donors (Lipinski definition) is 2. The van der Waals surface area contributed by atoms with Crippen molar-refractivity contribution in [3.8, 4) is 11.1 Å². The van der Waals surface area contributed by atoms with Crippen LogP contribution in [0.3, 0.4) is 0 Å². The van der Waals surface area contributed by atoms with Crippen molar-refractivity contribution in [1.29, 1.82) is 0 Å². The van der Waals surface area contributed by atoms with Gasteiger partial charge in [-0.1, -0.05) is 85.4 Å². The first-order chi connectivity index (χ1) is 20.5. The van der Waals surface area contributed by atoms with Crippen LogP contribution in [-0.2, 0) is 6.54 Å². The van der Waals surface area contributed by atoms with Crippen LogP contribution in [0.1, 0.15) is 42.6 Å². The lowest BCUT2D eigenvalue weighted by Crippen LogP contribution is -2.38. The van der Waals surface area contributed by atoms with Gasteiger partial charge in [0.25, 0.3) is 5.91 Å². The Hall–Kier alpha value is -4.35. The zero-order valence-electron chi connectivity index (χ0n) is 25.1. The van der Waals surface area contributed by atoms with Crippen LogP contribution in [-0.4, -0.2) is 43.5 Å². The molecule has 5 rings (SSSR count). The smallest absolute Gasteiger partial charge is 0.256 e. The average Bonchev–Trinajstić information content (AvgIpc) is 3.00. The van der Waals surface area contributed by atoms with Gasteiger partial charge in [-0.05, 0) is 80.3 Å². The van der Waals surface area contributed by atoms with Crippen LogP contribution in [0.2, 0.25) is 0 Å². The molecule has 0 spiro atoms. The molecule has 4 aromatic rings. The minimum absolute atomic E-state index is 0.0926. The first-order valence-electron chi connectivity index (χ1n) is 15.0. The number of carbonyl (C=O) groups is 1. The van der Waals surface area contributed by atoms with E-state index in [1.807, 2.05) is 73.7 Å². The van der Waals surface area contributed by atoms with Crippen LogP contribution in [0.4, 0.5) is 11.4 Å². The number of anilines is 2. The Morgan fingerprint density at radius 1 is 0.762 bits per heavy atom. The van der Waals surface area contributed by atoms with Crippen LogP contribution in [0.5, 0.6) is 0 Å². The van der Waals surface area contributed by atoms with Gasteiger partial charge in [0.2, 0.25) is 0 Å². The largest absolute Gasteiger partial charge is 0.389 e. The van der Waals surface area contributed by atoms with E-state index in [-0.39, 0.29) is 5.91 Å². The molecule has 1 amide bonds. The number of nitrogens with zero attached hydrogens (tertiary/aromatic N) is 2. The second-order valence-corrected chi connectivity index (χ2v) is 10.7. The third kappa shape index (κ3) is 9.35. The maximum Gasteiger partial charge on any atom is 0.256 e. The van der Waals surface area contributed by atoms with Crippen molar-refractivity contribution in [2.45, 2.75) is 33.2 Å². The monoisotopic (exact) mass is 560 g/mol. The Morgan fingerprint density at radius 2 is 1.40 bits per heavy atom. The highest BCUT2D eigenvalue weighted by molar-refractivity contribution is 6.08. The number of hydrogen-bond acceptors (Lipinski definition) is 4. The van der Waals surface area contributed by atoms with E-state index >= 15 is 0 Å². The molecule has 0 unspecified atom stereocenters. The van der Waals surface area contributed by atoms with Gasteiger partial charge in [0, 0.05) is 55.4 Å². The molecule has 1 fully saturated rings. The molecule has 1 heterocycles. The summed E-state index contributed by atoms with van der Waals surface area (Å²) in [5, 5.41) is 6.10. The van der Waals surface area contributed by atoms with E-state index < -0.39 is 0 Å². The maximum absolute atomic E-state index is 13.1. The third-order valence-electron chi connectivity index (χ3n) is 7.31. The molecule has 0 radical (unpaired) electrons. The van der Waals surface area contributed by atoms with Crippen molar-refractivity contribution in [2.75, 3.05) is 42.9 Å². The van der Waals surface area contributed by atoms with Crippen molar-refractivity contribution in [1.82, 2.24) is 10.2 Å². The Balaban J connectivity index is 0.000000612. The van der Waals surface area contributed by atoms with Gasteiger partial charge < -0.3 is 15.5 Å². The highest BCUT2D eigenvalue weighted by atomic mass is 16.1. The van der Waals surface area contributed by atoms with E-state index in [1.165, 1.54) is 24.1 Å². The second-order valence-electron chi connectivity index (χ2n) is 10.7. The van der Waals surface area contributed by atoms with E-state index in [0.717, 1.165) is 61.8 Å². The van der Waals surface area contributed by atoms with Gasteiger partial charge in [0.05, 0.1) is 0 Å². The fraction of sp³-hybridized carbons (Fsp3) is 0.270. The quantitative estimate of drug-likeness (QED) is 0.231. The van der Waals surface area contributed by atoms with Crippen molar-refractivity contribution in [3.63, 3.8) is 0 Å². The Bertz CT molecular complexity index is 1390. The summed E-state index contributed by atoms with van der Waals surface area (Å²) in [6, 6.07) is 36.8. The zero-order chi connectivity index (χ0) is 29.6. The fourth-order valence-corrected chi connectivity index (χ4v) is 5.19. The summed E-state index contributed by atoms with van der Waals surface area (Å²) in [5.74, 6) is -0.0926. The van der Waals surface area contributed by atoms with E-state index in [4.69, 9.17) is 0 Å². The van der Waals surface area contributed by atoms with Gasteiger partial charge in [0.15, 0.2) is 0 Å². The highest BCUT2D eigenvalue weighted by Crippen LogP contribution is 2.25. The van der Waals surface area contributed by atoms with Gasteiger partial charge in [0.1, 0.15) is 0 Å². The second kappa shape index (κ2) is 16.2. The average molecular weight is 561 g/mol. The maximum atomic E-state index is 13.1. The molecule has 1 aliphatic rings. The molecule has 0 saturated carbocycles. The Labute approximate surface area is 251 Å². The van der Waals surface area contributed by atoms with Crippen LogP contribution in [0.15, 0.2) is 121 Å². The molecule has 1 aliphatic heterocycles. The minimum atomic E-state index is -0.0926. The lowest BCUT2D eigenvalue weighted by molar-refractivity contribution is 0.102. The third-order valence-corrected chi connectivity index (χ3v) is 7.31. The number of nitrogens with one attached hydrogen (secondary N) is 2. The molecule has 2 N–H and O–H groups in total. The molecule has 5 heteroatoms. The minimum Gasteiger partial charge on any atom is -0.389 e. The normalized spacial score (nSPS) is 13.6. The van der Waals surface area contributed by atoms with Gasteiger partial charge in [-0.3, -0.25) is 9.69 Å². The molecule has 4 aromatic carbocycles. The van der Waals surface area contributed by atoms with E-state index in [1.54, 1.807) is 0 Å². The summed E-state index contributed by atoms with van der Waals surface area (Å²) in [4.78, 5) is 18.2. The molecule has 0 aliphatic carbocycles. The van der Waals surface area contributed by atoms with Gasteiger partial charge in [-0.25, -0.2) is 0 Å². The number of allylic oxidation sites excluding steroid dienone is 1. The molecule has 42 heavy (non-hydrogen) atoms. The predicted octanol–water partition coefficient (Wildman–Crippen LogP) is 7.84. The summed E-state index contributed by atoms with van der Waals surface area (Å²) in [6.07, 6.45) is 2.39. The molecule has 218 valence electrons. The van der Waals surface area contributed by atoms with Crippen LogP contribution in [0.25, 0.3) is 11.1 Å². The van der Waals surface area contributed by atoms with Crippen LogP contribution < -0.4 is 15.5 Å². The molecular weight excluding hydrogens is 516 g/mol. The van der Waals surface area contributed by atoms with Gasteiger partial charge >= 0.3 is 0 Å². The van der Waals surface area contributed by atoms with E-state index in [2.05, 4.69) is 76.4 Å². The van der Waals surface area contributed by atoms with Crippen molar-refractivity contribution >= 4 is 17.3 Å². The van der Waals surface area contributed by atoms with Gasteiger partial charge in [-0.2, -0.15) is 0 Å². The summed E-state index contributed by atoms with van der Waals surface area (Å²) in [5.41, 5.74) is 7.08. The molecule has 0 atom stereocenters. The van der Waals surface area contributed by atoms with Crippen molar-refractivity contribution < 1.29 is 4.79 Å². The fourth-order valence-electron chi connectivity index (χ4n) is 5.19. The SMILES string of the molecule is C=C(C)NCC.O=C(Nc1ccc(N2CCCCN(Cc3ccccc3)CC2)cc1)c1ccccc1-c1ccccc1. The first-order valence-corrected chi connectivity index (χ1v) is 15.0. The number of carbonyl (C=O) groups excluding carboxylic acids is 1. The van der Waals surface area contributed by atoms with Crippen LogP contribution >= 0.6 is 0 Å².